The number of halogens is 4. The van der Waals surface area contributed by atoms with E-state index in [0.717, 1.165) is 0 Å². The molecule has 24 heavy (non-hydrogen) atoms. The van der Waals surface area contributed by atoms with Crippen LogP contribution < -0.4 is 10.9 Å². The van der Waals surface area contributed by atoms with E-state index in [0.29, 0.717) is 7.11 Å². The fourth-order valence-corrected chi connectivity index (χ4v) is 2.96. The van der Waals surface area contributed by atoms with Crippen LogP contribution in [0, 0.1) is 0 Å². The molecule has 134 valence electrons. The highest BCUT2D eigenvalue weighted by atomic mass is 19.4. The van der Waals surface area contributed by atoms with Gasteiger partial charge in [-0.3, -0.25) is 9.69 Å². The van der Waals surface area contributed by atoms with E-state index in [9.17, 15) is 22.4 Å². The van der Waals surface area contributed by atoms with Crippen molar-refractivity contribution in [2.45, 2.75) is 25.0 Å². The average molecular weight is 349 g/mol. The Morgan fingerprint density at radius 2 is 2.00 bits per heavy atom. The van der Waals surface area contributed by atoms with E-state index >= 15 is 0 Å². The van der Waals surface area contributed by atoms with Crippen molar-refractivity contribution in [2.75, 3.05) is 27.2 Å². The molecule has 0 fully saturated rings. The number of nitrogens with one attached hydrogen (secondary N) is 2. The fraction of sp³-hybridized carbons (Fsp3) is 0.533. The molecular weight excluding hydrogens is 330 g/mol. The van der Waals surface area contributed by atoms with Crippen LogP contribution in [0.5, 0.6) is 0 Å². The van der Waals surface area contributed by atoms with Crippen LogP contribution in [0.2, 0.25) is 0 Å². The molecule has 1 aromatic rings. The number of hydrogen-bond acceptors (Lipinski definition) is 4. The van der Waals surface area contributed by atoms with Crippen LogP contribution in [0.15, 0.2) is 28.7 Å². The van der Waals surface area contributed by atoms with Gasteiger partial charge in [0.15, 0.2) is 0 Å². The monoisotopic (exact) mass is 349 g/mol. The van der Waals surface area contributed by atoms with Crippen molar-refractivity contribution in [1.29, 1.82) is 0 Å². The number of H-pyrrole nitrogens is 1. The standard InChI is InChI=1S/C15H19F4N3O2/c1-9-11(10-5-4-6-21-13(10)23)20-7-8-22(2)12(9)14(16,24-3)15(17,18)19/h4-6,12,20H,7-8H2,1-3H3,(H,21,23). The number of aromatic nitrogens is 1. The van der Waals surface area contributed by atoms with E-state index in [2.05, 4.69) is 15.0 Å². The fourth-order valence-electron chi connectivity index (χ4n) is 2.96. The molecule has 5 nitrogen and oxygen atoms in total. The normalized spacial score (nSPS) is 22.7. The number of rotatable bonds is 3. The van der Waals surface area contributed by atoms with Crippen LogP contribution in [0.3, 0.4) is 0 Å². The Morgan fingerprint density at radius 1 is 1.33 bits per heavy atom. The van der Waals surface area contributed by atoms with E-state index in [1.807, 2.05) is 0 Å². The largest absolute Gasteiger partial charge is 0.450 e. The Morgan fingerprint density at radius 3 is 2.54 bits per heavy atom. The quantitative estimate of drug-likeness (QED) is 0.819. The Bertz CT molecular complexity index is 686. The first-order valence-corrected chi connectivity index (χ1v) is 7.27. The number of pyridine rings is 1. The number of likely N-dealkylation sites (N-methyl/N-ethyl adjacent to an activating group) is 1. The van der Waals surface area contributed by atoms with Gasteiger partial charge in [-0.05, 0) is 31.7 Å². The maximum atomic E-state index is 14.8. The van der Waals surface area contributed by atoms with Crippen LogP contribution in [0.25, 0.3) is 5.70 Å². The van der Waals surface area contributed by atoms with Crippen molar-refractivity contribution >= 4 is 5.70 Å². The zero-order valence-electron chi connectivity index (χ0n) is 13.5. The molecule has 0 saturated carbocycles. The molecule has 9 heteroatoms. The van der Waals surface area contributed by atoms with Crippen LogP contribution in [0.4, 0.5) is 17.6 Å². The lowest BCUT2D eigenvalue weighted by molar-refractivity contribution is -0.339. The summed E-state index contributed by atoms with van der Waals surface area (Å²) in [5.74, 6) is -3.90. The molecule has 1 aliphatic heterocycles. The molecule has 2 unspecified atom stereocenters. The van der Waals surface area contributed by atoms with Crippen LogP contribution in [0.1, 0.15) is 12.5 Å². The average Bonchev–Trinajstić information content (AvgIpc) is 2.65. The second-order valence-corrected chi connectivity index (χ2v) is 5.63. The molecule has 2 atom stereocenters. The molecule has 0 amide bonds. The molecule has 0 bridgehead atoms. The highest BCUT2D eigenvalue weighted by Gasteiger charge is 2.64. The van der Waals surface area contributed by atoms with Crippen LogP contribution >= 0.6 is 0 Å². The van der Waals surface area contributed by atoms with Crippen molar-refractivity contribution in [3.8, 4) is 0 Å². The molecular formula is C15H19F4N3O2. The molecule has 2 N–H and O–H groups in total. The number of hydrogen-bond donors (Lipinski definition) is 2. The summed E-state index contributed by atoms with van der Waals surface area (Å²) in [7, 11) is 2.06. The molecule has 1 aliphatic rings. The van der Waals surface area contributed by atoms with Crippen LogP contribution in [-0.4, -0.2) is 55.2 Å². The van der Waals surface area contributed by atoms with Gasteiger partial charge in [0, 0.05) is 32.1 Å². The summed E-state index contributed by atoms with van der Waals surface area (Å²) < 4.78 is 59.1. The molecule has 0 saturated heterocycles. The van der Waals surface area contributed by atoms with E-state index in [1.165, 1.54) is 31.1 Å². The van der Waals surface area contributed by atoms with Crippen molar-refractivity contribution in [3.05, 3.63) is 39.8 Å². The summed E-state index contributed by atoms with van der Waals surface area (Å²) in [5.41, 5.74) is -0.115. The number of aromatic amines is 1. The Labute approximate surface area is 136 Å². The number of methoxy groups -OCH3 is 1. The first-order chi connectivity index (χ1) is 11.1. The predicted octanol–water partition coefficient (Wildman–Crippen LogP) is 1.88. The van der Waals surface area contributed by atoms with Gasteiger partial charge in [0.1, 0.15) is 6.04 Å². The van der Waals surface area contributed by atoms with E-state index in [-0.39, 0.29) is 29.9 Å². The second kappa shape index (κ2) is 6.56. The van der Waals surface area contributed by atoms with E-state index in [1.54, 1.807) is 6.07 Å². The van der Waals surface area contributed by atoms with Crippen molar-refractivity contribution in [1.82, 2.24) is 15.2 Å². The van der Waals surface area contributed by atoms with Crippen molar-refractivity contribution in [3.63, 3.8) is 0 Å². The highest BCUT2D eigenvalue weighted by Crippen LogP contribution is 2.43. The first kappa shape index (κ1) is 18.5. The van der Waals surface area contributed by atoms with Gasteiger partial charge in [0.25, 0.3) is 5.56 Å². The SMILES string of the molecule is COC(F)(C1C(C)=C(c2ccc[nH]c2=O)NCCN1C)C(F)(F)F. The topological polar surface area (TPSA) is 57.4 Å². The maximum absolute atomic E-state index is 14.8. The number of ether oxygens (including phenoxy) is 1. The maximum Gasteiger partial charge on any atom is 0.450 e. The molecule has 0 aromatic carbocycles. The molecule has 2 heterocycles. The number of alkyl halides is 4. The van der Waals surface area contributed by atoms with Gasteiger partial charge in [0.05, 0.1) is 5.56 Å². The summed E-state index contributed by atoms with van der Waals surface area (Å²) in [4.78, 5) is 15.7. The molecule has 1 aromatic heterocycles. The summed E-state index contributed by atoms with van der Waals surface area (Å²) in [5, 5.41) is 2.92. The van der Waals surface area contributed by atoms with Gasteiger partial charge in [0.2, 0.25) is 0 Å². The first-order valence-electron chi connectivity index (χ1n) is 7.27. The lowest BCUT2D eigenvalue weighted by atomic mass is 9.95. The second-order valence-electron chi connectivity index (χ2n) is 5.63. The van der Waals surface area contributed by atoms with E-state index in [4.69, 9.17) is 0 Å². The zero-order valence-corrected chi connectivity index (χ0v) is 13.5. The molecule has 0 aliphatic carbocycles. The molecule has 0 radical (unpaired) electrons. The summed E-state index contributed by atoms with van der Waals surface area (Å²) in [6, 6.07) is 1.28. The van der Waals surface area contributed by atoms with Gasteiger partial charge in [-0.2, -0.15) is 17.6 Å². The van der Waals surface area contributed by atoms with Crippen molar-refractivity contribution < 1.29 is 22.3 Å². The lowest BCUT2D eigenvalue weighted by Gasteiger charge is -2.39. The smallest absolute Gasteiger partial charge is 0.383 e. The summed E-state index contributed by atoms with van der Waals surface area (Å²) in [6.45, 7) is 1.76. The molecule has 0 spiro atoms. The van der Waals surface area contributed by atoms with Gasteiger partial charge < -0.3 is 15.0 Å². The minimum absolute atomic E-state index is 0.0355. The van der Waals surface area contributed by atoms with Gasteiger partial charge in [-0.1, -0.05) is 0 Å². The predicted molar refractivity (Wildman–Crippen MR) is 81.0 cm³/mol. The minimum atomic E-state index is -5.24. The van der Waals surface area contributed by atoms with E-state index < -0.39 is 23.6 Å². The summed E-state index contributed by atoms with van der Waals surface area (Å²) in [6.07, 6.45) is -3.83. The third-order valence-electron chi connectivity index (χ3n) is 4.13. The highest BCUT2D eigenvalue weighted by molar-refractivity contribution is 5.67. The van der Waals surface area contributed by atoms with Crippen molar-refractivity contribution in [2.24, 2.45) is 0 Å². The van der Waals surface area contributed by atoms with Gasteiger partial charge in [-0.15, -0.1) is 0 Å². The third kappa shape index (κ3) is 3.05. The zero-order chi connectivity index (χ0) is 18.1. The van der Waals surface area contributed by atoms with Crippen LogP contribution in [-0.2, 0) is 4.74 Å². The molecule has 2 rings (SSSR count). The van der Waals surface area contributed by atoms with Gasteiger partial charge >= 0.3 is 12.0 Å². The Kier molecular flexibility index (Phi) is 5.05. The number of nitrogens with zero attached hydrogens (tertiary/aromatic N) is 1. The Balaban J connectivity index is 2.66. The summed E-state index contributed by atoms with van der Waals surface area (Å²) >= 11 is 0. The Hall–Kier alpha value is -1.87. The van der Waals surface area contributed by atoms with Gasteiger partial charge in [-0.25, -0.2) is 0 Å². The minimum Gasteiger partial charge on any atom is -0.383 e. The lowest BCUT2D eigenvalue weighted by Crippen LogP contribution is -2.59. The third-order valence-corrected chi connectivity index (χ3v) is 4.13.